The van der Waals surface area contributed by atoms with E-state index in [0.29, 0.717) is 5.69 Å². The molecule has 0 saturated carbocycles. The zero-order valence-electron chi connectivity index (χ0n) is 9.64. The summed E-state index contributed by atoms with van der Waals surface area (Å²) in [5, 5.41) is 12.3. The third-order valence-electron chi connectivity index (χ3n) is 2.37. The summed E-state index contributed by atoms with van der Waals surface area (Å²) in [6.45, 7) is 1.87. The van der Waals surface area contributed by atoms with E-state index in [9.17, 15) is 9.90 Å². The van der Waals surface area contributed by atoms with Gasteiger partial charge in [0.2, 0.25) is 0 Å². The second-order valence-electron chi connectivity index (χ2n) is 3.80. The summed E-state index contributed by atoms with van der Waals surface area (Å²) < 4.78 is 0.887. The van der Waals surface area contributed by atoms with Crippen LogP contribution in [0, 0.1) is 10.5 Å². The maximum atomic E-state index is 12.0. The first kappa shape index (κ1) is 12.8. The molecule has 0 bridgehead atoms. The summed E-state index contributed by atoms with van der Waals surface area (Å²) in [7, 11) is 0. The number of phenolic OH excluding ortho intramolecular Hbond substituents is 1. The molecule has 1 aromatic carbocycles. The van der Waals surface area contributed by atoms with Crippen LogP contribution >= 0.6 is 22.6 Å². The van der Waals surface area contributed by atoms with Gasteiger partial charge in [-0.05, 0) is 59.8 Å². The van der Waals surface area contributed by atoms with E-state index < -0.39 is 0 Å². The number of rotatable bonds is 2. The Hall–Kier alpha value is -1.63. The number of nitrogens with one attached hydrogen (secondary N) is 1. The van der Waals surface area contributed by atoms with Crippen LogP contribution in [0.25, 0.3) is 0 Å². The minimum atomic E-state index is -0.350. The monoisotopic (exact) mass is 354 g/mol. The van der Waals surface area contributed by atoms with E-state index in [1.807, 2.05) is 13.0 Å². The highest BCUT2D eigenvalue weighted by Gasteiger charge is 2.11. The molecule has 1 amide bonds. The number of benzene rings is 1. The van der Waals surface area contributed by atoms with Gasteiger partial charge in [0.15, 0.2) is 0 Å². The Morgan fingerprint density at radius 2 is 2.11 bits per heavy atom. The number of anilines is 1. The first-order valence-electron chi connectivity index (χ1n) is 5.29. The van der Waals surface area contributed by atoms with Crippen LogP contribution < -0.4 is 5.32 Å². The quantitative estimate of drug-likeness (QED) is 0.816. The molecule has 4 nitrogen and oxygen atoms in total. The molecule has 0 spiro atoms. The fraction of sp³-hybridized carbons (Fsp3) is 0.0769. The predicted octanol–water partition coefficient (Wildman–Crippen LogP) is 2.95. The molecule has 0 fully saturated rings. The summed E-state index contributed by atoms with van der Waals surface area (Å²) in [5.74, 6) is -0.385. The van der Waals surface area contributed by atoms with E-state index in [2.05, 4.69) is 32.9 Å². The maximum Gasteiger partial charge on any atom is 0.259 e. The summed E-state index contributed by atoms with van der Waals surface area (Å²) in [6.07, 6.45) is 1.58. The average Bonchev–Trinajstić information content (AvgIpc) is 2.35. The van der Waals surface area contributed by atoms with Gasteiger partial charge in [0.05, 0.1) is 17.4 Å². The molecule has 0 unspecified atom stereocenters. The summed E-state index contributed by atoms with van der Waals surface area (Å²) >= 11 is 2.09. The smallest absolute Gasteiger partial charge is 0.259 e. The van der Waals surface area contributed by atoms with Crippen LogP contribution in [0.1, 0.15) is 16.1 Å². The molecule has 2 N–H and O–H groups in total. The number of amides is 1. The molecule has 0 aliphatic rings. The van der Waals surface area contributed by atoms with Gasteiger partial charge < -0.3 is 10.4 Å². The summed E-state index contributed by atoms with van der Waals surface area (Å²) in [4.78, 5) is 16.1. The second-order valence-corrected chi connectivity index (χ2v) is 5.05. The molecule has 0 aliphatic heterocycles. The number of aromatic hydroxyl groups is 1. The van der Waals surface area contributed by atoms with Crippen molar-refractivity contribution in [2.45, 2.75) is 6.92 Å². The largest absolute Gasteiger partial charge is 0.507 e. The van der Waals surface area contributed by atoms with Crippen molar-refractivity contribution in [2.24, 2.45) is 0 Å². The topological polar surface area (TPSA) is 62.2 Å². The molecule has 92 valence electrons. The maximum absolute atomic E-state index is 12.0. The van der Waals surface area contributed by atoms with Crippen molar-refractivity contribution in [1.82, 2.24) is 4.98 Å². The van der Waals surface area contributed by atoms with Gasteiger partial charge in [-0.15, -0.1) is 0 Å². The average molecular weight is 354 g/mol. The molecular formula is C13H11IN2O2. The molecule has 0 atom stereocenters. The Morgan fingerprint density at radius 3 is 2.78 bits per heavy atom. The van der Waals surface area contributed by atoms with Crippen molar-refractivity contribution in [3.8, 4) is 5.75 Å². The van der Waals surface area contributed by atoms with Crippen LogP contribution in [0.4, 0.5) is 5.69 Å². The third-order valence-corrected chi connectivity index (χ3v) is 3.04. The van der Waals surface area contributed by atoms with Crippen LogP contribution in [0.2, 0.25) is 0 Å². The predicted molar refractivity (Wildman–Crippen MR) is 77.8 cm³/mol. The molecule has 1 aromatic heterocycles. The second kappa shape index (κ2) is 5.34. The number of pyridine rings is 1. The van der Waals surface area contributed by atoms with Crippen molar-refractivity contribution in [3.05, 3.63) is 51.4 Å². The molecule has 1 heterocycles. The zero-order valence-corrected chi connectivity index (χ0v) is 11.8. The molecule has 2 rings (SSSR count). The number of aryl methyl sites for hydroxylation is 1. The minimum Gasteiger partial charge on any atom is -0.507 e. The van der Waals surface area contributed by atoms with Crippen molar-refractivity contribution in [2.75, 3.05) is 5.32 Å². The third kappa shape index (κ3) is 2.98. The Labute approximate surface area is 118 Å². The molecule has 0 aliphatic carbocycles. The fourth-order valence-corrected chi connectivity index (χ4v) is 1.92. The number of carbonyl (C=O) groups excluding carboxylic acids is 1. The first-order chi connectivity index (χ1) is 8.56. The Morgan fingerprint density at radius 1 is 1.33 bits per heavy atom. The van der Waals surface area contributed by atoms with E-state index in [0.717, 1.165) is 9.26 Å². The lowest BCUT2D eigenvalue weighted by Crippen LogP contribution is -2.12. The molecular weight excluding hydrogens is 343 g/mol. The molecule has 2 aromatic rings. The van der Waals surface area contributed by atoms with Crippen molar-refractivity contribution >= 4 is 34.2 Å². The van der Waals surface area contributed by atoms with Crippen LogP contribution in [0.3, 0.4) is 0 Å². The van der Waals surface area contributed by atoms with Gasteiger partial charge >= 0.3 is 0 Å². The van der Waals surface area contributed by atoms with E-state index in [1.54, 1.807) is 24.4 Å². The zero-order chi connectivity index (χ0) is 13.1. The highest BCUT2D eigenvalue weighted by molar-refractivity contribution is 14.1. The van der Waals surface area contributed by atoms with Crippen LogP contribution in [0.5, 0.6) is 5.75 Å². The Bertz CT molecular complexity index is 582. The first-order valence-corrected chi connectivity index (χ1v) is 6.36. The highest BCUT2D eigenvalue weighted by Crippen LogP contribution is 2.20. The van der Waals surface area contributed by atoms with E-state index >= 15 is 0 Å². The number of hydrogen-bond acceptors (Lipinski definition) is 3. The fourth-order valence-electron chi connectivity index (χ4n) is 1.43. The lowest BCUT2D eigenvalue weighted by atomic mass is 10.2. The van der Waals surface area contributed by atoms with Crippen LogP contribution in [0.15, 0.2) is 36.5 Å². The van der Waals surface area contributed by atoms with Gasteiger partial charge in [-0.2, -0.15) is 0 Å². The van der Waals surface area contributed by atoms with Gasteiger partial charge in [0.1, 0.15) is 5.75 Å². The molecule has 0 radical (unpaired) electrons. The number of phenols is 1. The normalized spacial score (nSPS) is 10.1. The summed E-state index contributed by atoms with van der Waals surface area (Å²) in [6, 6.07) is 8.45. The van der Waals surface area contributed by atoms with Gasteiger partial charge in [0, 0.05) is 9.26 Å². The number of nitrogens with zero attached hydrogens (tertiary/aromatic N) is 1. The van der Waals surface area contributed by atoms with Gasteiger partial charge in [-0.25, -0.2) is 0 Å². The molecule has 0 saturated heterocycles. The standard InChI is InChI=1S/C13H11IN2O2/c1-8-2-4-10(7-15-8)16-13(18)11-6-9(14)3-5-12(11)17/h2-7,17H,1H3,(H,16,18). The van der Waals surface area contributed by atoms with E-state index in [-0.39, 0.29) is 17.2 Å². The lowest BCUT2D eigenvalue weighted by Gasteiger charge is -2.07. The number of halogens is 1. The highest BCUT2D eigenvalue weighted by atomic mass is 127. The van der Waals surface area contributed by atoms with Crippen LogP contribution in [-0.2, 0) is 0 Å². The Balaban J connectivity index is 2.21. The number of carbonyl (C=O) groups is 1. The number of aromatic nitrogens is 1. The SMILES string of the molecule is Cc1ccc(NC(=O)c2cc(I)ccc2O)cn1. The van der Waals surface area contributed by atoms with E-state index in [4.69, 9.17) is 0 Å². The number of hydrogen-bond donors (Lipinski definition) is 2. The molecule has 18 heavy (non-hydrogen) atoms. The van der Waals surface area contributed by atoms with Crippen molar-refractivity contribution < 1.29 is 9.90 Å². The minimum absolute atomic E-state index is 0.0343. The van der Waals surface area contributed by atoms with Crippen molar-refractivity contribution in [3.63, 3.8) is 0 Å². The summed E-state index contributed by atoms with van der Waals surface area (Å²) in [5.41, 5.74) is 1.73. The van der Waals surface area contributed by atoms with Crippen LogP contribution in [-0.4, -0.2) is 16.0 Å². The van der Waals surface area contributed by atoms with Crippen molar-refractivity contribution in [1.29, 1.82) is 0 Å². The Kier molecular flexibility index (Phi) is 3.81. The van der Waals surface area contributed by atoms with Gasteiger partial charge in [0.25, 0.3) is 5.91 Å². The van der Waals surface area contributed by atoms with E-state index in [1.165, 1.54) is 6.07 Å². The lowest BCUT2D eigenvalue weighted by molar-refractivity contribution is 0.102. The van der Waals surface area contributed by atoms with Gasteiger partial charge in [-0.3, -0.25) is 9.78 Å². The van der Waals surface area contributed by atoms with Gasteiger partial charge in [-0.1, -0.05) is 0 Å². The molecule has 5 heteroatoms.